The third-order valence-corrected chi connectivity index (χ3v) is 6.52. The van der Waals surface area contributed by atoms with Crippen molar-refractivity contribution in [1.82, 2.24) is 0 Å². The molecular formula is C19H25BFNO3. The van der Waals surface area contributed by atoms with E-state index in [0.717, 1.165) is 23.9 Å². The quantitative estimate of drug-likeness (QED) is 0.796. The van der Waals surface area contributed by atoms with Crippen LogP contribution < -0.4 is 10.8 Å². The van der Waals surface area contributed by atoms with E-state index in [-0.39, 0.29) is 5.91 Å². The molecule has 2 heterocycles. The second-order valence-electron chi connectivity index (χ2n) is 8.53. The zero-order chi connectivity index (χ0) is 18.0. The molecule has 4 rings (SSSR count). The summed E-state index contributed by atoms with van der Waals surface area (Å²) in [6.07, 6.45) is 1.63. The molecule has 0 bridgehead atoms. The average molecular weight is 345 g/mol. The molecule has 4 nitrogen and oxygen atoms in total. The Bertz CT molecular complexity index is 719. The van der Waals surface area contributed by atoms with Crippen molar-refractivity contribution in [3.63, 3.8) is 0 Å². The number of carbonyl (C=O) groups excluding carboxylic acids is 1. The predicted molar refractivity (Wildman–Crippen MR) is 95.8 cm³/mol. The lowest BCUT2D eigenvalue weighted by molar-refractivity contribution is -0.124. The van der Waals surface area contributed by atoms with Gasteiger partial charge in [0.25, 0.3) is 0 Å². The number of rotatable bonds is 1. The first-order valence-corrected chi connectivity index (χ1v) is 9.13. The van der Waals surface area contributed by atoms with Crippen molar-refractivity contribution in [2.75, 3.05) is 5.32 Å². The van der Waals surface area contributed by atoms with Gasteiger partial charge in [0, 0.05) is 5.69 Å². The number of amides is 1. The Labute approximate surface area is 148 Å². The molecule has 1 amide bonds. The summed E-state index contributed by atoms with van der Waals surface area (Å²) in [7, 11) is -0.490. The van der Waals surface area contributed by atoms with Gasteiger partial charge in [-0.15, -0.1) is 0 Å². The van der Waals surface area contributed by atoms with E-state index in [9.17, 15) is 9.18 Å². The maximum absolute atomic E-state index is 14.8. The highest BCUT2D eigenvalue weighted by Gasteiger charge is 2.55. The summed E-state index contributed by atoms with van der Waals surface area (Å²) in [6, 6.07) is 5.67. The van der Waals surface area contributed by atoms with Crippen LogP contribution in [-0.2, 0) is 19.5 Å². The summed E-state index contributed by atoms with van der Waals surface area (Å²) in [6.45, 7) is 8.03. The summed E-state index contributed by atoms with van der Waals surface area (Å²) >= 11 is 0. The van der Waals surface area contributed by atoms with Crippen LogP contribution in [0.4, 0.5) is 10.1 Å². The number of benzene rings is 1. The molecule has 1 N–H and O–H groups in total. The van der Waals surface area contributed by atoms with Crippen molar-refractivity contribution in [3.05, 3.63) is 23.8 Å². The number of nitrogens with one attached hydrogen (secondary N) is 1. The van der Waals surface area contributed by atoms with Gasteiger partial charge in [0.1, 0.15) is 11.6 Å². The van der Waals surface area contributed by atoms with Crippen molar-refractivity contribution >= 4 is 24.2 Å². The summed E-state index contributed by atoms with van der Waals surface area (Å²) in [5, 5.41) is 2.90. The van der Waals surface area contributed by atoms with E-state index in [1.807, 2.05) is 45.9 Å². The molecule has 2 fully saturated rings. The highest BCUT2D eigenvalue weighted by molar-refractivity contribution is 6.62. The average Bonchev–Trinajstić information content (AvgIpc) is 2.93. The molecule has 1 saturated heterocycles. The monoisotopic (exact) mass is 345 g/mol. The van der Waals surface area contributed by atoms with E-state index >= 15 is 0 Å². The van der Waals surface area contributed by atoms with Crippen molar-refractivity contribution < 1.29 is 18.5 Å². The van der Waals surface area contributed by atoms with E-state index < -0.39 is 29.9 Å². The van der Waals surface area contributed by atoms with Crippen LogP contribution in [0.25, 0.3) is 0 Å². The third-order valence-electron chi connectivity index (χ3n) is 6.52. The molecule has 1 spiro atoms. The number of halogens is 1. The molecule has 134 valence electrons. The van der Waals surface area contributed by atoms with E-state index in [0.29, 0.717) is 18.5 Å². The predicted octanol–water partition coefficient (Wildman–Crippen LogP) is 3.09. The minimum atomic E-state index is -1.12. The fourth-order valence-electron chi connectivity index (χ4n) is 4.23. The zero-order valence-electron chi connectivity index (χ0n) is 15.3. The number of alkyl halides is 1. The number of hydrogen-bond acceptors (Lipinski definition) is 3. The second-order valence-corrected chi connectivity index (χ2v) is 8.53. The first-order valence-electron chi connectivity index (χ1n) is 9.13. The Morgan fingerprint density at radius 3 is 2.48 bits per heavy atom. The van der Waals surface area contributed by atoms with E-state index in [1.54, 1.807) is 0 Å². The van der Waals surface area contributed by atoms with Gasteiger partial charge in [-0.2, -0.15) is 0 Å². The van der Waals surface area contributed by atoms with Crippen LogP contribution in [0.5, 0.6) is 0 Å². The number of carbonyl (C=O) groups is 1. The fraction of sp³-hybridized carbons (Fsp3) is 0.632. The van der Waals surface area contributed by atoms with Gasteiger partial charge in [-0.3, -0.25) is 4.79 Å². The van der Waals surface area contributed by atoms with Crippen molar-refractivity contribution in [1.29, 1.82) is 0 Å². The van der Waals surface area contributed by atoms with Crippen molar-refractivity contribution in [2.24, 2.45) is 0 Å². The Balaban J connectivity index is 1.69. The van der Waals surface area contributed by atoms with Gasteiger partial charge >= 0.3 is 7.12 Å². The fourth-order valence-corrected chi connectivity index (χ4v) is 4.23. The Morgan fingerprint density at radius 1 is 1.16 bits per heavy atom. The molecule has 1 aromatic carbocycles. The largest absolute Gasteiger partial charge is 0.494 e. The minimum absolute atomic E-state index is 0.208. The number of anilines is 1. The first kappa shape index (κ1) is 17.0. The molecule has 2 unspecified atom stereocenters. The highest BCUT2D eigenvalue weighted by atomic mass is 19.1. The van der Waals surface area contributed by atoms with Gasteiger partial charge in [-0.25, -0.2) is 4.39 Å². The maximum atomic E-state index is 14.8. The van der Waals surface area contributed by atoms with Gasteiger partial charge in [-0.05, 0) is 57.6 Å². The zero-order valence-corrected chi connectivity index (χ0v) is 15.3. The lowest BCUT2D eigenvalue weighted by Crippen LogP contribution is -2.45. The Morgan fingerprint density at radius 2 is 1.84 bits per heavy atom. The van der Waals surface area contributed by atoms with Gasteiger partial charge in [-0.1, -0.05) is 25.0 Å². The Kier molecular flexibility index (Phi) is 3.61. The van der Waals surface area contributed by atoms with Crippen LogP contribution in [-0.4, -0.2) is 30.4 Å². The van der Waals surface area contributed by atoms with Crippen molar-refractivity contribution in [3.8, 4) is 0 Å². The lowest BCUT2D eigenvalue weighted by Gasteiger charge is -2.34. The summed E-state index contributed by atoms with van der Waals surface area (Å²) in [5.41, 5.74) is 0.471. The molecule has 3 aliphatic rings. The Hall–Kier alpha value is -1.40. The summed E-state index contributed by atoms with van der Waals surface area (Å²) in [5.74, 6) is -0.208. The minimum Gasteiger partial charge on any atom is -0.399 e. The number of fused-ring (bicyclic) bond motifs is 2. The highest BCUT2D eigenvalue weighted by Crippen LogP contribution is 2.48. The van der Waals surface area contributed by atoms with E-state index in [1.165, 1.54) is 0 Å². The van der Waals surface area contributed by atoms with Gasteiger partial charge in [0.15, 0.2) is 0 Å². The van der Waals surface area contributed by atoms with Gasteiger partial charge in [0.05, 0.1) is 11.2 Å². The second kappa shape index (κ2) is 5.30. The van der Waals surface area contributed by atoms with Gasteiger partial charge < -0.3 is 14.6 Å². The van der Waals surface area contributed by atoms with Crippen LogP contribution in [0.1, 0.15) is 58.9 Å². The molecule has 1 saturated carbocycles. The van der Waals surface area contributed by atoms with E-state index in [4.69, 9.17) is 9.31 Å². The van der Waals surface area contributed by atoms with Gasteiger partial charge in [0.2, 0.25) is 5.91 Å². The normalized spacial score (nSPS) is 32.8. The maximum Gasteiger partial charge on any atom is 0.494 e. The molecule has 1 aliphatic carbocycles. The molecule has 2 atom stereocenters. The number of hydrogen-bond donors (Lipinski definition) is 1. The van der Waals surface area contributed by atoms with E-state index in [2.05, 4.69) is 5.32 Å². The third kappa shape index (κ3) is 2.30. The molecular weight excluding hydrogens is 320 g/mol. The van der Waals surface area contributed by atoms with Crippen LogP contribution in [0.2, 0.25) is 0 Å². The first-order chi connectivity index (χ1) is 11.7. The lowest BCUT2D eigenvalue weighted by atomic mass is 9.68. The molecule has 1 aromatic rings. The molecule has 6 heteroatoms. The standard InChI is InChI=1S/C19H25BFNO3/c1-17(2)18(3,4)25-20(24-17)12-8-9-13-14(11-12)22-16(23)19(13)10-6-5-7-15(19)21/h8-9,11,15H,5-7,10H2,1-4H3,(H,22,23). The molecule has 2 aliphatic heterocycles. The topological polar surface area (TPSA) is 47.6 Å². The van der Waals surface area contributed by atoms with Crippen molar-refractivity contribution in [2.45, 2.75) is 76.2 Å². The molecule has 0 radical (unpaired) electrons. The molecule has 25 heavy (non-hydrogen) atoms. The van der Waals surface area contributed by atoms with Crippen LogP contribution in [0, 0.1) is 0 Å². The van der Waals surface area contributed by atoms with Crippen LogP contribution >= 0.6 is 0 Å². The summed E-state index contributed by atoms with van der Waals surface area (Å²) in [4.78, 5) is 12.6. The smallest absolute Gasteiger partial charge is 0.399 e. The van der Waals surface area contributed by atoms with Crippen LogP contribution in [0.15, 0.2) is 18.2 Å². The molecule has 0 aromatic heterocycles. The van der Waals surface area contributed by atoms with Crippen LogP contribution in [0.3, 0.4) is 0 Å². The SMILES string of the molecule is CC1(C)OB(c2ccc3c(c2)NC(=O)C32CCCCC2F)OC1(C)C. The summed E-state index contributed by atoms with van der Waals surface area (Å²) < 4.78 is 26.9.